The van der Waals surface area contributed by atoms with E-state index < -0.39 is 0 Å². The number of methoxy groups -OCH3 is 1. The van der Waals surface area contributed by atoms with Crippen molar-refractivity contribution in [3.8, 4) is 28.8 Å². The fraction of sp³-hybridized carbons (Fsp3) is 0.182. The van der Waals surface area contributed by atoms with Crippen LogP contribution in [0.15, 0.2) is 54.6 Å². The summed E-state index contributed by atoms with van der Waals surface area (Å²) < 4.78 is 17.9. The molecule has 0 saturated carbocycles. The molecular weight excluding hydrogens is 469 g/mol. The van der Waals surface area contributed by atoms with E-state index in [1.807, 2.05) is 24.3 Å². The molecule has 9 nitrogen and oxygen atoms in total. The van der Waals surface area contributed by atoms with Gasteiger partial charge in [-0.3, -0.25) is 4.79 Å². The van der Waals surface area contributed by atoms with Gasteiger partial charge < -0.3 is 19.5 Å². The van der Waals surface area contributed by atoms with Gasteiger partial charge in [-0.15, -0.1) is 15.3 Å². The predicted octanol–water partition coefficient (Wildman–Crippen LogP) is 3.68. The van der Waals surface area contributed by atoms with Crippen molar-refractivity contribution in [2.45, 2.75) is 0 Å². The molecule has 0 fully saturated rings. The second kappa shape index (κ2) is 10.4. The second-order valence-electron chi connectivity index (χ2n) is 6.76. The van der Waals surface area contributed by atoms with Crippen LogP contribution in [0.25, 0.3) is 17.0 Å². The van der Waals surface area contributed by atoms with Gasteiger partial charge in [0.15, 0.2) is 18.1 Å². The van der Waals surface area contributed by atoms with Gasteiger partial charge in [-0.2, -0.15) is 4.52 Å². The largest absolute Gasteiger partial charge is 0.497 e. The Kier molecular flexibility index (Phi) is 7.11. The van der Waals surface area contributed by atoms with Crippen molar-refractivity contribution in [1.29, 1.82) is 0 Å². The molecule has 2 heterocycles. The minimum atomic E-state index is -0.322. The fourth-order valence-electron chi connectivity index (χ4n) is 2.92. The quantitative estimate of drug-likeness (QED) is 0.359. The Morgan fingerprint density at radius 2 is 1.94 bits per heavy atom. The lowest BCUT2D eigenvalue weighted by Crippen LogP contribution is -2.32. The normalized spacial score (nSPS) is 10.8. The number of nitrogens with one attached hydrogen (secondary N) is 1. The Bertz CT molecular complexity index is 1280. The van der Waals surface area contributed by atoms with Crippen LogP contribution in [0, 0.1) is 0 Å². The van der Waals surface area contributed by atoms with Gasteiger partial charge in [0.05, 0.1) is 18.7 Å². The average Bonchev–Trinajstić information content (AvgIpc) is 3.26. The molecule has 0 saturated heterocycles. The van der Waals surface area contributed by atoms with Gasteiger partial charge in [0.2, 0.25) is 5.88 Å². The smallest absolute Gasteiger partial charge is 0.258 e. The maximum atomic E-state index is 12.0. The zero-order valence-corrected chi connectivity index (χ0v) is 19.0. The Morgan fingerprint density at radius 1 is 1.06 bits per heavy atom. The van der Waals surface area contributed by atoms with Crippen molar-refractivity contribution >= 4 is 34.8 Å². The lowest BCUT2D eigenvalue weighted by molar-refractivity contribution is -0.123. The number of fused-ring (bicyclic) bond motifs is 1. The van der Waals surface area contributed by atoms with Crippen LogP contribution in [0.4, 0.5) is 0 Å². The SMILES string of the molecule is COc1cccc(-c2nnc3ccc(OCCNC(=O)COc4cc(Cl)ccc4Cl)nn23)c1. The number of halogens is 2. The number of carbonyl (C=O) groups is 1. The first kappa shape index (κ1) is 22.6. The molecule has 0 aliphatic rings. The predicted molar refractivity (Wildman–Crippen MR) is 123 cm³/mol. The fourth-order valence-corrected chi connectivity index (χ4v) is 3.25. The van der Waals surface area contributed by atoms with Crippen molar-refractivity contribution in [3.05, 3.63) is 64.6 Å². The van der Waals surface area contributed by atoms with E-state index in [9.17, 15) is 4.79 Å². The van der Waals surface area contributed by atoms with Crippen LogP contribution in [0.3, 0.4) is 0 Å². The molecule has 11 heteroatoms. The van der Waals surface area contributed by atoms with E-state index in [-0.39, 0.29) is 25.7 Å². The van der Waals surface area contributed by atoms with Crippen LogP contribution in [0.5, 0.6) is 17.4 Å². The molecule has 0 atom stereocenters. The summed E-state index contributed by atoms with van der Waals surface area (Å²) in [7, 11) is 1.60. The molecule has 2 aromatic carbocycles. The van der Waals surface area contributed by atoms with E-state index in [1.165, 1.54) is 0 Å². The molecular formula is C22H19Cl2N5O4. The maximum Gasteiger partial charge on any atom is 0.258 e. The van der Waals surface area contributed by atoms with E-state index >= 15 is 0 Å². The van der Waals surface area contributed by atoms with Crippen LogP contribution in [0.1, 0.15) is 0 Å². The highest BCUT2D eigenvalue weighted by Crippen LogP contribution is 2.27. The summed E-state index contributed by atoms with van der Waals surface area (Å²) in [5.41, 5.74) is 1.38. The van der Waals surface area contributed by atoms with Crippen molar-refractivity contribution in [2.75, 3.05) is 26.9 Å². The summed E-state index contributed by atoms with van der Waals surface area (Å²) in [6, 6.07) is 15.7. The van der Waals surface area contributed by atoms with E-state index in [2.05, 4.69) is 20.6 Å². The Labute approximate surface area is 199 Å². The van der Waals surface area contributed by atoms with Crippen LogP contribution in [0.2, 0.25) is 10.0 Å². The molecule has 0 bridgehead atoms. The van der Waals surface area contributed by atoms with Crippen LogP contribution < -0.4 is 19.5 Å². The van der Waals surface area contributed by atoms with Gasteiger partial charge in [0.1, 0.15) is 18.1 Å². The molecule has 4 aromatic rings. The molecule has 170 valence electrons. The van der Waals surface area contributed by atoms with Crippen LogP contribution in [-0.2, 0) is 4.79 Å². The molecule has 4 rings (SSSR count). The lowest BCUT2D eigenvalue weighted by Gasteiger charge is -2.10. The average molecular weight is 488 g/mol. The summed E-state index contributed by atoms with van der Waals surface area (Å²) >= 11 is 11.9. The minimum absolute atomic E-state index is 0.200. The van der Waals surface area contributed by atoms with Crippen molar-refractivity contribution < 1.29 is 19.0 Å². The zero-order chi connectivity index (χ0) is 23.2. The standard InChI is InChI=1S/C22H19Cl2N5O4/c1-31-16-4-2-3-14(11-16)22-27-26-19-7-8-21(28-29(19)22)32-10-9-25-20(30)13-33-18-12-15(23)5-6-17(18)24/h2-8,11-12H,9-10,13H2,1H3,(H,25,30). The van der Waals surface area contributed by atoms with Gasteiger partial charge in [-0.05, 0) is 30.3 Å². The van der Waals surface area contributed by atoms with E-state index in [4.69, 9.17) is 37.4 Å². The number of hydrogen-bond donors (Lipinski definition) is 1. The number of amides is 1. The van der Waals surface area contributed by atoms with E-state index in [1.54, 1.807) is 42.0 Å². The Hall–Kier alpha value is -3.56. The van der Waals surface area contributed by atoms with Crippen molar-refractivity contribution in [2.24, 2.45) is 0 Å². The molecule has 33 heavy (non-hydrogen) atoms. The molecule has 0 spiro atoms. The number of nitrogens with zero attached hydrogens (tertiary/aromatic N) is 4. The highest BCUT2D eigenvalue weighted by molar-refractivity contribution is 6.34. The Morgan fingerprint density at radius 3 is 2.79 bits per heavy atom. The summed E-state index contributed by atoms with van der Waals surface area (Å²) in [4.78, 5) is 12.0. The van der Waals surface area contributed by atoms with Crippen molar-refractivity contribution in [1.82, 2.24) is 25.1 Å². The third-order valence-corrected chi connectivity index (χ3v) is 5.04. The maximum absolute atomic E-state index is 12.0. The molecule has 0 aliphatic carbocycles. The monoisotopic (exact) mass is 487 g/mol. The minimum Gasteiger partial charge on any atom is -0.497 e. The van der Waals surface area contributed by atoms with Crippen LogP contribution in [-0.4, -0.2) is 52.6 Å². The molecule has 2 aromatic heterocycles. The van der Waals surface area contributed by atoms with Gasteiger partial charge in [-0.1, -0.05) is 35.3 Å². The summed E-state index contributed by atoms with van der Waals surface area (Å²) in [6.45, 7) is 0.268. The highest BCUT2D eigenvalue weighted by atomic mass is 35.5. The highest BCUT2D eigenvalue weighted by Gasteiger charge is 2.12. The van der Waals surface area contributed by atoms with Gasteiger partial charge in [0, 0.05) is 22.7 Å². The third kappa shape index (κ3) is 5.63. The Balaban J connectivity index is 1.31. The summed E-state index contributed by atoms with van der Waals surface area (Å²) in [5.74, 6) is 1.64. The first-order chi connectivity index (χ1) is 16.0. The number of rotatable bonds is 9. The third-order valence-electron chi connectivity index (χ3n) is 4.49. The number of carbonyl (C=O) groups excluding carboxylic acids is 1. The lowest BCUT2D eigenvalue weighted by atomic mass is 10.2. The first-order valence-corrected chi connectivity index (χ1v) is 10.6. The number of hydrogen-bond acceptors (Lipinski definition) is 7. The summed E-state index contributed by atoms with van der Waals surface area (Å²) in [6.07, 6.45) is 0. The van der Waals surface area contributed by atoms with Gasteiger partial charge >= 0.3 is 0 Å². The zero-order valence-electron chi connectivity index (χ0n) is 17.5. The van der Waals surface area contributed by atoms with E-state index in [0.717, 1.165) is 5.56 Å². The second-order valence-corrected chi connectivity index (χ2v) is 7.60. The molecule has 1 amide bonds. The van der Waals surface area contributed by atoms with Crippen LogP contribution >= 0.6 is 23.2 Å². The number of benzene rings is 2. The summed E-state index contributed by atoms with van der Waals surface area (Å²) in [5, 5.41) is 16.3. The van der Waals surface area contributed by atoms with Gasteiger partial charge in [0.25, 0.3) is 5.91 Å². The molecule has 1 N–H and O–H groups in total. The van der Waals surface area contributed by atoms with Crippen molar-refractivity contribution in [3.63, 3.8) is 0 Å². The molecule has 0 unspecified atom stereocenters. The number of ether oxygens (including phenoxy) is 3. The van der Waals surface area contributed by atoms with E-state index in [0.29, 0.717) is 38.9 Å². The van der Waals surface area contributed by atoms with Gasteiger partial charge in [-0.25, -0.2) is 0 Å². The molecule has 0 radical (unpaired) electrons. The topological polar surface area (TPSA) is 99.9 Å². The first-order valence-electron chi connectivity index (χ1n) is 9.88. The molecule has 0 aliphatic heterocycles. The number of aromatic nitrogens is 4.